The molecule has 0 aliphatic heterocycles. The van der Waals surface area contributed by atoms with Gasteiger partial charge in [-0.3, -0.25) is 4.57 Å². The third-order valence-corrected chi connectivity index (χ3v) is 3.24. The molecule has 0 spiro atoms. The zero-order chi connectivity index (χ0) is 12.7. The summed E-state index contributed by atoms with van der Waals surface area (Å²) < 4.78 is 1.94. The van der Waals surface area contributed by atoms with E-state index in [-0.39, 0.29) is 5.75 Å². The fraction of sp³-hybridized carbons (Fsp3) is 0.133. The maximum absolute atomic E-state index is 10.0. The van der Waals surface area contributed by atoms with E-state index in [1.54, 1.807) is 12.4 Å². The number of phenolic OH excluding ortho intramolecular Hbond substituents is 1. The van der Waals surface area contributed by atoms with Gasteiger partial charge in [0.2, 0.25) is 0 Å². The van der Waals surface area contributed by atoms with Crippen molar-refractivity contribution in [1.29, 1.82) is 0 Å². The third kappa shape index (κ3) is 1.48. The Balaban J connectivity index is 2.36. The molecule has 3 rings (SSSR count). The molecule has 1 heterocycles. The third-order valence-electron chi connectivity index (χ3n) is 3.24. The Labute approximate surface area is 105 Å². The molecule has 0 radical (unpaired) electrons. The molecule has 3 heteroatoms. The number of benzene rings is 2. The van der Waals surface area contributed by atoms with Crippen LogP contribution in [-0.4, -0.2) is 14.7 Å². The number of rotatable bonds is 1. The number of hydrogen-bond donors (Lipinski definition) is 1. The molecule has 1 N–H and O–H groups in total. The van der Waals surface area contributed by atoms with Crippen LogP contribution < -0.4 is 0 Å². The highest BCUT2D eigenvalue weighted by Gasteiger charge is 2.11. The van der Waals surface area contributed by atoms with Crippen molar-refractivity contribution in [3.63, 3.8) is 0 Å². The van der Waals surface area contributed by atoms with Crippen molar-refractivity contribution in [3.05, 3.63) is 53.9 Å². The van der Waals surface area contributed by atoms with Crippen LogP contribution in [0.5, 0.6) is 5.75 Å². The van der Waals surface area contributed by atoms with Gasteiger partial charge in [0.1, 0.15) is 12.1 Å². The van der Waals surface area contributed by atoms with E-state index in [4.69, 9.17) is 0 Å². The minimum absolute atomic E-state index is 0.274. The lowest BCUT2D eigenvalue weighted by Gasteiger charge is -2.10. The number of nitrogens with zero attached hydrogens (tertiary/aromatic N) is 2. The summed E-state index contributed by atoms with van der Waals surface area (Å²) >= 11 is 0. The predicted octanol–water partition coefficient (Wildman–Crippen LogP) is 3.35. The molecular weight excluding hydrogens is 224 g/mol. The molecule has 2 aromatic carbocycles. The molecule has 0 atom stereocenters. The average molecular weight is 238 g/mol. The molecule has 0 bridgehead atoms. The summed E-state index contributed by atoms with van der Waals surface area (Å²) in [6.45, 7) is 4.02. The van der Waals surface area contributed by atoms with Crippen molar-refractivity contribution in [2.75, 3.05) is 0 Å². The van der Waals surface area contributed by atoms with Crippen LogP contribution in [0.3, 0.4) is 0 Å². The SMILES string of the molecule is Cc1cccc(O)c1-n1cnc2c(C)cccc21. The highest BCUT2D eigenvalue weighted by atomic mass is 16.3. The van der Waals surface area contributed by atoms with Crippen LogP contribution in [0, 0.1) is 13.8 Å². The maximum Gasteiger partial charge on any atom is 0.139 e. The van der Waals surface area contributed by atoms with Crippen LogP contribution in [0.15, 0.2) is 42.7 Å². The summed E-state index contributed by atoms with van der Waals surface area (Å²) in [6, 6.07) is 11.6. The number of aromatic nitrogens is 2. The fourth-order valence-corrected chi connectivity index (χ4v) is 2.32. The predicted molar refractivity (Wildman–Crippen MR) is 72.2 cm³/mol. The highest BCUT2D eigenvalue weighted by Crippen LogP contribution is 2.29. The van der Waals surface area contributed by atoms with E-state index in [2.05, 4.69) is 4.98 Å². The topological polar surface area (TPSA) is 38.0 Å². The van der Waals surface area contributed by atoms with Crippen LogP contribution in [0.1, 0.15) is 11.1 Å². The van der Waals surface area contributed by atoms with Crippen LogP contribution in [0.2, 0.25) is 0 Å². The van der Waals surface area contributed by atoms with Crippen LogP contribution in [0.25, 0.3) is 16.7 Å². The summed E-state index contributed by atoms with van der Waals surface area (Å²) in [5.41, 5.74) is 4.94. The number of phenols is 1. The highest BCUT2D eigenvalue weighted by molar-refractivity contribution is 5.81. The van der Waals surface area contributed by atoms with Crippen molar-refractivity contribution in [2.24, 2.45) is 0 Å². The van der Waals surface area contributed by atoms with Gasteiger partial charge in [0.25, 0.3) is 0 Å². The lowest BCUT2D eigenvalue weighted by molar-refractivity contribution is 0.472. The number of aromatic hydroxyl groups is 1. The van der Waals surface area contributed by atoms with E-state index in [1.807, 2.05) is 48.7 Å². The van der Waals surface area contributed by atoms with E-state index < -0.39 is 0 Å². The largest absolute Gasteiger partial charge is 0.506 e. The van der Waals surface area contributed by atoms with Crippen molar-refractivity contribution in [1.82, 2.24) is 9.55 Å². The molecular formula is C15H14N2O. The zero-order valence-electron chi connectivity index (χ0n) is 10.4. The summed E-state index contributed by atoms with van der Waals surface area (Å²) in [4.78, 5) is 4.43. The molecule has 1 aromatic heterocycles. The van der Waals surface area contributed by atoms with Crippen molar-refractivity contribution >= 4 is 11.0 Å². The molecule has 0 aliphatic rings. The number of fused-ring (bicyclic) bond motifs is 1. The van der Waals surface area contributed by atoms with Crippen LogP contribution in [-0.2, 0) is 0 Å². The molecule has 0 saturated heterocycles. The Morgan fingerprint density at radius 3 is 2.50 bits per heavy atom. The molecule has 18 heavy (non-hydrogen) atoms. The van der Waals surface area contributed by atoms with Gasteiger partial charge in [0.15, 0.2) is 0 Å². The van der Waals surface area contributed by atoms with Gasteiger partial charge in [0, 0.05) is 0 Å². The number of imidazole rings is 1. The van der Waals surface area contributed by atoms with Crippen molar-refractivity contribution < 1.29 is 5.11 Å². The Hall–Kier alpha value is -2.29. The van der Waals surface area contributed by atoms with E-state index in [1.165, 1.54) is 0 Å². The Morgan fingerprint density at radius 2 is 1.72 bits per heavy atom. The summed E-state index contributed by atoms with van der Waals surface area (Å²) in [7, 11) is 0. The number of hydrogen-bond acceptors (Lipinski definition) is 2. The van der Waals surface area contributed by atoms with E-state index in [9.17, 15) is 5.11 Å². The van der Waals surface area contributed by atoms with Crippen molar-refractivity contribution in [3.8, 4) is 11.4 Å². The summed E-state index contributed by atoms with van der Waals surface area (Å²) in [5.74, 6) is 0.274. The average Bonchev–Trinajstić information content (AvgIpc) is 2.75. The second kappa shape index (κ2) is 3.88. The fourth-order valence-electron chi connectivity index (χ4n) is 2.32. The monoisotopic (exact) mass is 238 g/mol. The van der Waals surface area contributed by atoms with Gasteiger partial charge in [-0.05, 0) is 37.1 Å². The smallest absolute Gasteiger partial charge is 0.139 e. The number of para-hydroxylation sites is 2. The molecule has 3 aromatic rings. The van der Waals surface area contributed by atoms with E-state index >= 15 is 0 Å². The van der Waals surface area contributed by atoms with E-state index in [0.717, 1.165) is 27.8 Å². The first kappa shape index (κ1) is 10.8. The van der Waals surface area contributed by atoms with Gasteiger partial charge in [-0.25, -0.2) is 4.98 Å². The number of aryl methyl sites for hydroxylation is 2. The first-order valence-corrected chi connectivity index (χ1v) is 5.90. The molecule has 3 nitrogen and oxygen atoms in total. The lowest BCUT2D eigenvalue weighted by atomic mass is 10.1. The molecule has 90 valence electrons. The van der Waals surface area contributed by atoms with E-state index in [0.29, 0.717) is 0 Å². The standard InChI is InChI=1S/C15H14N2O/c1-10-5-3-7-12-14(10)16-9-17(12)15-11(2)6-4-8-13(15)18/h3-9,18H,1-2H3. The second-order valence-corrected chi connectivity index (χ2v) is 4.50. The Kier molecular flexibility index (Phi) is 2.33. The Morgan fingerprint density at radius 1 is 1.00 bits per heavy atom. The minimum atomic E-state index is 0.274. The van der Waals surface area contributed by atoms with Gasteiger partial charge in [-0.15, -0.1) is 0 Å². The normalized spacial score (nSPS) is 11.0. The maximum atomic E-state index is 10.0. The first-order valence-electron chi connectivity index (χ1n) is 5.90. The second-order valence-electron chi connectivity index (χ2n) is 4.50. The van der Waals surface area contributed by atoms with Gasteiger partial charge < -0.3 is 5.11 Å². The molecule has 0 amide bonds. The summed E-state index contributed by atoms with van der Waals surface area (Å²) in [6.07, 6.45) is 1.76. The molecule has 0 unspecified atom stereocenters. The molecule has 0 fully saturated rings. The zero-order valence-corrected chi connectivity index (χ0v) is 10.4. The van der Waals surface area contributed by atoms with Gasteiger partial charge in [-0.2, -0.15) is 0 Å². The van der Waals surface area contributed by atoms with Gasteiger partial charge >= 0.3 is 0 Å². The quantitative estimate of drug-likeness (QED) is 0.706. The minimum Gasteiger partial charge on any atom is -0.506 e. The van der Waals surface area contributed by atoms with Gasteiger partial charge in [0.05, 0.1) is 16.7 Å². The van der Waals surface area contributed by atoms with Crippen LogP contribution >= 0.6 is 0 Å². The molecule has 0 aliphatic carbocycles. The van der Waals surface area contributed by atoms with Crippen LogP contribution in [0.4, 0.5) is 0 Å². The summed E-state index contributed by atoms with van der Waals surface area (Å²) in [5, 5.41) is 10.0. The Bertz CT molecular complexity index is 708. The van der Waals surface area contributed by atoms with Crippen molar-refractivity contribution in [2.45, 2.75) is 13.8 Å². The molecule has 0 saturated carbocycles. The van der Waals surface area contributed by atoms with Gasteiger partial charge in [-0.1, -0.05) is 24.3 Å². The lowest BCUT2D eigenvalue weighted by Crippen LogP contribution is -1.95. The first-order chi connectivity index (χ1) is 8.68.